The summed E-state index contributed by atoms with van der Waals surface area (Å²) in [6, 6.07) is 0. The van der Waals surface area contributed by atoms with Gasteiger partial charge in [-0.05, 0) is 25.7 Å². The van der Waals surface area contributed by atoms with Crippen LogP contribution in [0.4, 0.5) is 0 Å². The highest BCUT2D eigenvalue weighted by Gasteiger charge is 2.11. The highest BCUT2D eigenvalue weighted by atomic mass is 32.2. The molecule has 0 saturated carbocycles. The minimum absolute atomic E-state index is 0.00214. The minimum atomic E-state index is 0.00214. The maximum Gasteiger partial charge on any atom is 0.259 e. The van der Waals surface area contributed by atoms with Crippen molar-refractivity contribution in [2.24, 2.45) is 0 Å². The van der Waals surface area contributed by atoms with Gasteiger partial charge < -0.3 is 4.98 Å². The number of thiophene rings is 1. The quantitative estimate of drug-likeness (QED) is 0.861. The van der Waals surface area contributed by atoms with Crippen molar-refractivity contribution in [3.63, 3.8) is 0 Å². The molecule has 18 heavy (non-hydrogen) atoms. The van der Waals surface area contributed by atoms with Gasteiger partial charge >= 0.3 is 0 Å². The predicted octanol–water partition coefficient (Wildman–Crippen LogP) is 3.20. The van der Waals surface area contributed by atoms with E-state index in [-0.39, 0.29) is 5.56 Å². The average molecular weight is 300 g/mol. The van der Waals surface area contributed by atoms with Crippen molar-refractivity contribution >= 4 is 45.1 Å². The van der Waals surface area contributed by atoms with Gasteiger partial charge in [-0.25, -0.2) is 4.98 Å². The fraction of sp³-hybridized carbons (Fsp3) is 0.500. The molecule has 0 fully saturated rings. The number of thioether (sulfide) groups is 2. The van der Waals surface area contributed by atoms with Crippen LogP contribution in [-0.2, 0) is 5.75 Å². The lowest BCUT2D eigenvalue weighted by Gasteiger charge is -2.00. The first-order valence-corrected chi connectivity index (χ1v) is 9.05. The second-order valence-corrected chi connectivity index (χ2v) is 7.32. The second kappa shape index (κ2) is 6.12. The Bertz CT molecular complexity index is 603. The van der Waals surface area contributed by atoms with Crippen molar-refractivity contribution in [2.75, 3.05) is 17.8 Å². The molecule has 0 aliphatic carbocycles. The van der Waals surface area contributed by atoms with Gasteiger partial charge in [0.2, 0.25) is 0 Å². The van der Waals surface area contributed by atoms with Gasteiger partial charge in [0, 0.05) is 16.4 Å². The van der Waals surface area contributed by atoms with E-state index in [4.69, 9.17) is 0 Å². The molecule has 0 spiro atoms. The van der Waals surface area contributed by atoms with Gasteiger partial charge in [0.05, 0.1) is 11.1 Å². The van der Waals surface area contributed by atoms with Crippen molar-refractivity contribution in [1.82, 2.24) is 9.97 Å². The number of hydrogen-bond donors (Lipinski definition) is 1. The predicted molar refractivity (Wildman–Crippen MR) is 84.3 cm³/mol. The van der Waals surface area contributed by atoms with Gasteiger partial charge in [0.25, 0.3) is 5.56 Å². The van der Waals surface area contributed by atoms with E-state index in [2.05, 4.69) is 16.2 Å². The van der Waals surface area contributed by atoms with E-state index < -0.39 is 0 Å². The Labute approximate surface area is 119 Å². The SMILES string of the molecule is CSCCSCc1nc2sc(C)c(C)c2c(=O)[nH]1. The number of aryl methyl sites for hydroxylation is 2. The van der Waals surface area contributed by atoms with Gasteiger partial charge in [0.15, 0.2) is 0 Å². The van der Waals surface area contributed by atoms with Crippen molar-refractivity contribution < 1.29 is 0 Å². The Kier molecular flexibility index (Phi) is 4.75. The van der Waals surface area contributed by atoms with Gasteiger partial charge in [-0.2, -0.15) is 23.5 Å². The van der Waals surface area contributed by atoms with Gasteiger partial charge in [-0.15, -0.1) is 11.3 Å². The molecule has 0 saturated heterocycles. The molecule has 0 aliphatic rings. The summed E-state index contributed by atoms with van der Waals surface area (Å²) in [5, 5.41) is 0.760. The third-order valence-corrected chi connectivity index (χ3v) is 5.70. The molecule has 2 rings (SSSR count). The molecule has 0 radical (unpaired) electrons. The summed E-state index contributed by atoms with van der Waals surface area (Å²) in [6.45, 7) is 4.02. The number of hydrogen-bond acceptors (Lipinski definition) is 5. The molecule has 0 unspecified atom stereocenters. The molecule has 2 heterocycles. The van der Waals surface area contributed by atoms with Crippen LogP contribution in [0.3, 0.4) is 0 Å². The number of nitrogens with one attached hydrogen (secondary N) is 1. The summed E-state index contributed by atoms with van der Waals surface area (Å²) in [7, 11) is 0. The van der Waals surface area contributed by atoms with Crippen LogP contribution in [0.1, 0.15) is 16.3 Å². The minimum Gasteiger partial charge on any atom is -0.309 e. The summed E-state index contributed by atoms with van der Waals surface area (Å²) in [6.07, 6.45) is 2.10. The summed E-state index contributed by atoms with van der Waals surface area (Å²) in [5.74, 6) is 3.79. The van der Waals surface area contributed by atoms with Crippen LogP contribution in [0.25, 0.3) is 10.2 Å². The smallest absolute Gasteiger partial charge is 0.259 e. The van der Waals surface area contributed by atoms with Crippen LogP contribution in [-0.4, -0.2) is 27.7 Å². The lowest BCUT2D eigenvalue weighted by molar-refractivity contribution is 1.04. The van der Waals surface area contributed by atoms with Gasteiger partial charge in [-0.3, -0.25) is 4.79 Å². The van der Waals surface area contributed by atoms with Crippen LogP contribution in [0.5, 0.6) is 0 Å². The molecule has 0 bridgehead atoms. The van der Waals surface area contributed by atoms with Crippen LogP contribution < -0.4 is 5.56 Å². The van der Waals surface area contributed by atoms with E-state index in [1.54, 1.807) is 11.3 Å². The van der Waals surface area contributed by atoms with Crippen LogP contribution in [0.2, 0.25) is 0 Å². The zero-order valence-corrected chi connectivity index (χ0v) is 13.2. The highest BCUT2D eigenvalue weighted by molar-refractivity contribution is 8.02. The average Bonchev–Trinajstić information content (AvgIpc) is 2.61. The van der Waals surface area contributed by atoms with E-state index in [1.807, 2.05) is 37.4 Å². The fourth-order valence-corrected chi connectivity index (χ4v) is 4.34. The molecule has 2 aromatic heterocycles. The zero-order chi connectivity index (χ0) is 13.1. The third-order valence-electron chi connectivity index (χ3n) is 2.76. The van der Waals surface area contributed by atoms with E-state index in [0.29, 0.717) is 0 Å². The Balaban J connectivity index is 2.24. The van der Waals surface area contributed by atoms with Crippen molar-refractivity contribution in [3.8, 4) is 0 Å². The van der Waals surface area contributed by atoms with Crippen LogP contribution >= 0.6 is 34.9 Å². The maximum absolute atomic E-state index is 12.0. The lowest BCUT2D eigenvalue weighted by Crippen LogP contribution is -2.11. The first kappa shape index (κ1) is 14.0. The first-order valence-electron chi connectivity index (χ1n) is 5.69. The van der Waals surface area contributed by atoms with Crippen LogP contribution in [0, 0.1) is 13.8 Å². The third kappa shape index (κ3) is 2.92. The Morgan fingerprint density at radius 1 is 1.33 bits per heavy atom. The monoisotopic (exact) mass is 300 g/mol. The molecule has 0 atom stereocenters. The number of aromatic amines is 1. The first-order chi connectivity index (χ1) is 8.63. The summed E-state index contributed by atoms with van der Waals surface area (Å²) in [5.41, 5.74) is 1.06. The van der Waals surface area contributed by atoms with E-state index in [9.17, 15) is 4.79 Å². The summed E-state index contributed by atoms with van der Waals surface area (Å²) >= 11 is 5.25. The largest absolute Gasteiger partial charge is 0.309 e. The number of fused-ring (bicyclic) bond motifs is 1. The molecule has 98 valence electrons. The van der Waals surface area contributed by atoms with Crippen LogP contribution in [0.15, 0.2) is 4.79 Å². The lowest BCUT2D eigenvalue weighted by atomic mass is 10.2. The molecular weight excluding hydrogens is 284 g/mol. The Hall–Kier alpha value is -0.460. The van der Waals surface area contributed by atoms with Crippen molar-refractivity contribution in [3.05, 3.63) is 26.6 Å². The molecule has 6 heteroatoms. The van der Waals surface area contributed by atoms with E-state index >= 15 is 0 Å². The van der Waals surface area contributed by atoms with Gasteiger partial charge in [-0.1, -0.05) is 0 Å². The molecule has 0 amide bonds. The highest BCUT2D eigenvalue weighted by Crippen LogP contribution is 2.26. The summed E-state index contributed by atoms with van der Waals surface area (Å²) < 4.78 is 0. The standard InChI is InChI=1S/C12H16N2OS3/c1-7-8(2)18-12-10(7)11(15)13-9(14-12)6-17-5-4-16-3/h4-6H2,1-3H3,(H,13,14,15). The Morgan fingerprint density at radius 3 is 2.83 bits per heavy atom. The fourth-order valence-electron chi connectivity index (χ4n) is 1.68. The van der Waals surface area contributed by atoms with E-state index in [0.717, 1.165) is 38.9 Å². The molecule has 0 aromatic carbocycles. The van der Waals surface area contributed by atoms with Crippen molar-refractivity contribution in [2.45, 2.75) is 19.6 Å². The number of rotatable bonds is 5. The summed E-state index contributed by atoms with van der Waals surface area (Å²) in [4.78, 5) is 21.5. The second-order valence-electron chi connectivity index (χ2n) is 4.02. The number of H-pyrrole nitrogens is 1. The van der Waals surface area contributed by atoms with Crippen molar-refractivity contribution in [1.29, 1.82) is 0 Å². The molecule has 0 aliphatic heterocycles. The molecular formula is C12H16N2OS3. The maximum atomic E-state index is 12.0. The number of nitrogens with zero attached hydrogens (tertiary/aromatic N) is 1. The molecule has 2 aromatic rings. The molecule has 3 nitrogen and oxygen atoms in total. The zero-order valence-electron chi connectivity index (χ0n) is 10.7. The Morgan fingerprint density at radius 2 is 2.11 bits per heavy atom. The van der Waals surface area contributed by atoms with E-state index in [1.165, 1.54) is 4.88 Å². The number of aromatic nitrogens is 2. The molecule has 1 N–H and O–H groups in total. The van der Waals surface area contributed by atoms with Gasteiger partial charge in [0.1, 0.15) is 10.7 Å². The topological polar surface area (TPSA) is 45.8 Å². The normalized spacial score (nSPS) is 11.3.